The average Bonchev–Trinajstić information content (AvgIpc) is 2.36. The lowest BCUT2D eigenvalue weighted by atomic mass is 9.81. The Morgan fingerprint density at radius 1 is 1.17 bits per heavy atom. The van der Waals surface area contributed by atoms with Crippen LogP contribution in [-0.2, 0) is 4.74 Å². The molecule has 0 bridgehead atoms. The van der Waals surface area contributed by atoms with Gasteiger partial charge in [-0.3, -0.25) is 0 Å². The topological polar surface area (TPSA) is 9.23 Å². The zero-order valence-electron chi connectivity index (χ0n) is 8.39. The highest BCUT2D eigenvalue weighted by Crippen LogP contribution is 2.53. The van der Waals surface area contributed by atoms with E-state index in [0.717, 1.165) is 11.9 Å². The highest BCUT2D eigenvalue weighted by Gasteiger charge is 2.54. The van der Waals surface area contributed by atoms with Gasteiger partial charge in [0.05, 0.1) is 12.7 Å². The molecule has 2 atom stereocenters. The van der Waals surface area contributed by atoms with Gasteiger partial charge in [-0.15, -0.1) is 0 Å². The van der Waals surface area contributed by atoms with Gasteiger partial charge in [-0.2, -0.15) is 11.8 Å². The minimum atomic E-state index is 0.392. The molecule has 12 heavy (non-hydrogen) atoms. The molecule has 2 heterocycles. The third-order valence-electron chi connectivity index (χ3n) is 3.09. The molecule has 0 amide bonds. The molecule has 0 saturated carbocycles. The first-order chi connectivity index (χ1) is 5.43. The van der Waals surface area contributed by atoms with Gasteiger partial charge in [0.25, 0.3) is 0 Å². The van der Waals surface area contributed by atoms with Gasteiger partial charge in [-0.1, -0.05) is 27.7 Å². The minimum Gasteiger partial charge on any atom is -0.376 e. The van der Waals surface area contributed by atoms with Gasteiger partial charge in [0.2, 0.25) is 0 Å². The molecule has 2 rings (SSSR count). The van der Waals surface area contributed by atoms with Gasteiger partial charge in [0.15, 0.2) is 0 Å². The zero-order valence-corrected chi connectivity index (χ0v) is 9.20. The highest BCUT2D eigenvalue weighted by atomic mass is 32.2. The molecule has 2 aliphatic rings. The number of fused-ring (bicyclic) bond motifs is 1. The van der Waals surface area contributed by atoms with E-state index in [0.29, 0.717) is 16.9 Å². The van der Waals surface area contributed by atoms with E-state index < -0.39 is 0 Å². The second-order valence-corrected chi connectivity index (χ2v) is 6.57. The van der Waals surface area contributed by atoms with Crippen LogP contribution in [0.5, 0.6) is 0 Å². The molecular weight excluding hydrogens is 168 g/mol. The van der Waals surface area contributed by atoms with Crippen molar-refractivity contribution in [2.24, 2.45) is 10.8 Å². The predicted molar refractivity (Wildman–Crippen MR) is 53.5 cm³/mol. The Hall–Kier alpha value is 0.310. The number of hydrogen-bond acceptors (Lipinski definition) is 2. The SMILES string of the molecule is CC1(C)CSC2C1OCC2(C)C. The molecule has 2 unspecified atom stereocenters. The van der Waals surface area contributed by atoms with Crippen molar-refractivity contribution in [1.82, 2.24) is 0 Å². The number of rotatable bonds is 0. The molecule has 0 aromatic rings. The van der Waals surface area contributed by atoms with E-state index in [1.54, 1.807) is 0 Å². The van der Waals surface area contributed by atoms with E-state index in [2.05, 4.69) is 39.5 Å². The summed E-state index contributed by atoms with van der Waals surface area (Å²) in [6, 6.07) is 0. The van der Waals surface area contributed by atoms with Crippen LogP contribution in [0.4, 0.5) is 0 Å². The maximum atomic E-state index is 5.89. The van der Waals surface area contributed by atoms with Crippen molar-refractivity contribution in [2.45, 2.75) is 39.0 Å². The maximum absolute atomic E-state index is 5.89. The molecule has 0 aromatic heterocycles. The van der Waals surface area contributed by atoms with E-state index in [9.17, 15) is 0 Å². The second kappa shape index (κ2) is 2.42. The molecule has 0 aromatic carbocycles. The Bertz CT molecular complexity index is 176. The lowest BCUT2D eigenvalue weighted by Gasteiger charge is -2.25. The Balaban J connectivity index is 2.23. The van der Waals surface area contributed by atoms with Crippen molar-refractivity contribution in [3.63, 3.8) is 0 Å². The van der Waals surface area contributed by atoms with Crippen LogP contribution in [0.2, 0.25) is 0 Å². The van der Waals surface area contributed by atoms with Crippen molar-refractivity contribution in [3.8, 4) is 0 Å². The van der Waals surface area contributed by atoms with Crippen LogP contribution >= 0.6 is 11.8 Å². The molecule has 0 spiro atoms. The van der Waals surface area contributed by atoms with Gasteiger partial charge >= 0.3 is 0 Å². The minimum absolute atomic E-state index is 0.392. The van der Waals surface area contributed by atoms with E-state index in [1.165, 1.54) is 5.75 Å². The van der Waals surface area contributed by atoms with Crippen LogP contribution < -0.4 is 0 Å². The van der Waals surface area contributed by atoms with Crippen molar-refractivity contribution >= 4 is 11.8 Å². The van der Waals surface area contributed by atoms with Crippen molar-refractivity contribution < 1.29 is 4.74 Å². The van der Waals surface area contributed by atoms with Crippen LogP contribution in [-0.4, -0.2) is 23.7 Å². The average molecular weight is 186 g/mol. The standard InChI is InChI=1S/C10H18OS/c1-9(2)5-11-7-8(9)12-6-10(7,3)4/h7-8H,5-6H2,1-4H3. The molecular formula is C10H18OS. The lowest BCUT2D eigenvalue weighted by molar-refractivity contribution is 0.0349. The fraction of sp³-hybridized carbons (Fsp3) is 1.00. The summed E-state index contributed by atoms with van der Waals surface area (Å²) in [4.78, 5) is 0. The van der Waals surface area contributed by atoms with E-state index >= 15 is 0 Å². The highest BCUT2D eigenvalue weighted by molar-refractivity contribution is 8.00. The van der Waals surface area contributed by atoms with E-state index in [-0.39, 0.29) is 0 Å². The summed E-state index contributed by atoms with van der Waals surface area (Å²) in [5.74, 6) is 1.26. The summed E-state index contributed by atoms with van der Waals surface area (Å²) in [6.45, 7) is 10.2. The normalized spacial score (nSPS) is 43.0. The van der Waals surface area contributed by atoms with Crippen LogP contribution in [0.15, 0.2) is 0 Å². The summed E-state index contributed by atoms with van der Waals surface area (Å²) in [6.07, 6.45) is 0.498. The summed E-state index contributed by atoms with van der Waals surface area (Å²) in [7, 11) is 0. The summed E-state index contributed by atoms with van der Waals surface area (Å²) in [5, 5.41) is 0.729. The van der Waals surface area contributed by atoms with Crippen LogP contribution in [0.3, 0.4) is 0 Å². The first-order valence-corrected chi connectivity index (χ1v) is 5.72. The molecule has 2 fully saturated rings. The molecule has 2 heteroatoms. The smallest absolute Gasteiger partial charge is 0.0758 e. The molecule has 1 nitrogen and oxygen atoms in total. The fourth-order valence-electron chi connectivity index (χ4n) is 2.22. The molecule has 0 radical (unpaired) electrons. The number of hydrogen-bond donors (Lipinski definition) is 0. The van der Waals surface area contributed by atoms with Crippen molar-refractivity contribution in [2.75, 3.05) is 12.4 Å². The Labute approximate surface area is 79.2 Å². The van der Waals surface area contributed by atoms with Crippen LogP contribution in [0.1, 0.15) is 27.7 Å². The predicted octanol–water partition coefficient (Wildman–Crippen LogP) is 2.55. The molecule has 2 saturated heterocycles. The number of thioether (sulfide) groups is 1. The fourth-order valence-corrected chi connectivity index (χ4v) is 4.13. The molecule has 0 N–H and O–H groups in total. The third kappa shape index (κ3) is 1.12. The van der Waals surface area contributed by atoms with Crippen molar-refractivity contribution in [3.05, 3.63) is 0 Å². The second-order valence-electron chi connectivity index (χ2n) is 5.44. The van der Waals surface area contributed by atoms with Gasteiger partial charge in [-0.25, -0.2) is 0 Å². The molecule has 2 aliphatic heterocycles. The third-order valence-corrected chi connectivity index (χ3v) is 5.24. The summed E-state index contributed by atoms with van der Waals surface area (Å²) < 4.78 is 5.89. The van der Waals surface area contributed by atoms with E-state index in [4.69, 9.17) is 4.74 Å². The van der Waals surface area contributed by atoms with Gasteiger partial charge < -0.3 is 4.74 Å². The summed E-state index contributed by atoms with van der Waals surface area (Å²) >= 11 is 2.10. The Morgan fingerprint density at radius 2 is 1.83 bits per heavy atom. The lowest BCUT2D eigenvalue weighted by Crippen LogP contribution is -2.33. The first-order valence-electron chi connectivity index (χ1n) is 4.67. The molecule has 70 valence electrons. The van der Waals surface area contributed by atoms with E-state index in [1.807, 2.05) is 0 Å². The van der Waals surface area contributed by atoms with Crippen molar-refractivity contribution in [1.29, 1.82) is 0 Å². The largest absolute Gasteiger partial charge is 0.376 e. The summed E-state index contributed by atoms with van der Waals surface area (Å²) in [5.41, 5.74) is 0.784. The quantitative estimate of drug-likeness (QED) is 0.575. The van der Waals surface area contributed by atoms with Crippen LogP contribution in [0, 0.1) is 10.8 Å². The van der Waals surface area contributed by atoms with Gasteiger partial charge in [0.1, 0.15) is 0 Å². The first kappa shape index (κ1) is 8.89. The Kier molecular flexibility index (Phi) is 1.79. The van der Waals surface area contributed by atoms with Crippen LogP contribution in [0.25, 0.3) is 0 Å². The zero-order chi connectivity index (χ0) is 8.98. The number of ether oxygens (including phenoxy) is 1. The monoisotopic (exact) mass is 186 g/mol. The van der Waals surface area contributed by atoms with Gasteiger partial charge in [-0.05, 0) is 0 Å². The maximum Gasteiger partial charge on any atom is 0.0758 e. The Morgan fingerprint density at radius 3 is 2.42 bits per heavy atom. The van der Waals surface area contributed by atoms with Gasteiger partial charge in [0, 0.05) is 21.8 Å². The molecule has 0 aliphatic carbocycles.